The summed E-state index contributed by atoms with van der Waals surface area (Å²) in [5.41, 5.74) is 18.2. The minimum absolute atomic E-state index is 0.681. The van der Waals surface area contributed by atoms with Crippen LogP contribution in [-0.2, 0) is 0 Å². The number of methoxy groups -OCH3 is 3. The highest BCUT2D eigenvalue weighted by Crippen LogP contribution is 2.43. The zero-order valence-electron chi connectivity index (χ0n) is 65.7. The monoisotopic (exact) mass is 1500 g/mol. The van der Waals surface area contributed by atoms with Crippen LogP contribution in [0.5, 0.6) is 23.0 Å². The van der Waals surface area contributed by atoms with Gasteiger partial charge >= 0.3 is 0 Å². The highest BCUT2D eigenvalue weighted by molar-refractivity contribution is 6.00. The van der Waals surface area contributed by atoms with Crippen LogP contribution in [0.1, 0.15) is 6.92 Å². The summed E-state index contributed by atoms with van der Waals surface area (Å²) in [7, 11) is 9.15. The van der Waals surface area contributed by atoms with E-state index in [0.717, 1.165) is 103 Å². The van der Waals surface area contributed by atoms with Gasteiger partial charge in [0.2, 0.25) is 0 Å². The van der Waals surface area contributed by atoms with Gasteiger partial charge in [-0.15, -0.1) is 0 Å². The summed E-state index contributed by atoms with van der Waals surface area (Å²) in [6.45, 7) is 2.68. The van der Waals surface area contributed by atoms with Crippen LogP contribution in [0.2, 0.25) is 0 Å². The third-order valence-corrected chi connectivity index (χ3v) is 19.2. The molecule has 10 nitrogen and oxygen atoms in total. The molecule has 0 saturated heterocycles. The molecular weight excluding hydrogens is 1410 g/mol. The fourth-order valence-electron chi connectivity index (χ4n) is 13.6. The summed E-state index contributed by atoms with van der Waals surface area (Å²) < 4.78 is 21.4. The van der Waals surface area contributed by atoms with Gasteiger partial charge in [-0.3, -0.25) is 0 Å². The zero-order valence-corrected chi connectivity index (χ0v) is 65.7. The molecule has 17 aromatic carbocycles. The Morgan fingerprint density at radius 2 is 0.374 bits per heavy atom. The fourth-order valence-corrected chi connectivity index (χ4v) is 13.6. The second-order valence-electron chi connectivity index (χ2n) is 26.8. The van der Waals surface area contributed by atoms with Crippen LogP contribution in [0.25, 0.3) is 21.5 Å². The standard InChI is InChI=1S/C23H19NO.C22H17N.C20H20N2.C20H19NO2.C20H19NO/c1-25-21-16-14-20(15-17-21)24(19-10-3-2-4-11-19)23-13-7-9-18-8-5-6-12-22(18)23;1-3-12-19(13-4-1)23(20-14-5-2-6-15-20)22-17-9-11-18-10-7-8-16-21(18)22;1-21(2)17-13-15-20(16-14-17)22(18-9-5-3-6-10-18)19-11-7-4-8-12-19;1-22-19-12-8-17(9-13-19)21(16-6-4-3-5-7-16)18-10-14-20(23-2)15-11-18;1-2-22-20-15-13-19(14-16-20)21(17-9-5-3-6-10-17)18-11-7-4-8-12-18/h2-17H,1H3;1-17H;3-16H,1-2H3;3-15H,1-2H3;3-16H,2H2,1H3. The van der Waals surface area contributed by atoms with Gasteiger partial charge in [0, 0.05) is 104 Å². The molecule has 0 fully saturated rings. The Morgan fingerprint density at radius 3 is 0.617 bits per heavy atom. The van der Waals surface area contributed by atoms with Crippen LogP contribution in [0.3, 0.4) is 0 Å². The summed E-state index contributed by atoms with van der Waals surface area (Å²) in [5, 5.41) is 4.96. The van der Waals surface area contributed by atoms with Crippen molar-refractivity contribution in [3.8, 4) is 23.0 Å². The fraction of sp³-hybridized carbons (Fsp3) is 0.0667. The van der Waals surface area contributed by atoms with Crippen molar-refractivity contribution in [2.24, 2.45) is 0 Å². The summed E-state index contributed by atoms with van der Waals surface area (Å²) in [5.74, 6) is 3.44. The van der Waals surface area contributed by atoms with Crippen LogP contribution in [0, 0.1) is 0 Å². The van der Waals surface area contributed by atoms with Crippen molar-refractivity contribution in [3.63, 3.8) is 0 Å². The Labute approximate surface area is 677 Å². The van der Waals surface area contributed by atoms with Gasteiger partial charge < -0.3 is 48.3 Å². The minimum atomic E-state index is 0.681. The van der Waals surface area contributed by atoms with Gasteiger partial charge in [0.15, 0.2) is 0 Å². The quantitative estimate of drug-likeness (QED) is 0.0695. The van der Waals surface area contributed by atoms with E-state index in [2.05, 4.69) is 395 Å². The zero-order chi connectivity index (χ0) is 79.2. The first-order valence-corrected chi connectivity index (χ1v) is 38.5. The molecule has 0 saturated carbocycles. The SMILES string of the molecule is CCOc1ccc(N(c2ccccc2)c2ccccc2)cc1.CN(C)c1ccc(N(c2ccccc2)c2ccccc2)cc1.COc1ccc(N(c2ccccc2)c2ccc(OC)cc2)cc1.COc1ccc(N(c2ccccc2)c2cccc3ccccc23)cc1.c1ccc(N(c2ccccc2)c2cccc3ccccc23)cc1. The predicted molar refractivity (Wildman–Crippen MR) is 486 cm³/mol. The molecule has 0 bridgehead atoms. The van der Waals surface area contributed by atoms with Gasteiger partial charge in [-0.25, -0.2) is 0 Å². The van der Waals surface area contributed by atoms with Gasteiger partial charge in [0.05, 0.1) is 39.3 Å². The topological polar surface area (TPSA) is 56.4 Å². The average molecular weight is 1500 g/mol. The molecule has 0 heterocycles. The Balaban J connectivity index is 0.000000125. The van der Waals surface area contributed by atoms with E-state index < -0.39 is 0 Å². The maximum absolute atomic E-state index is 5.53. The largest absolute Gasteiger partial charge is 0.497 e. The van der Waals surface area contributed by atoms with E-state index >= 15 is 0 Å². The molecule has 0 radical (unpaired) electrons. The van der Waals surface area contributed by atoms with Crippen molar-refractivity contribution in [1.29, 1.82) is 0 Å². The molecule has 0 spiro atoms. The van der Waals surface area contributed by atoms with E-state index in [-0.39, 0.29) is 0 Å². The third-order valence-electron chi connectivity index (χ3n) is 19.2. The van der Waals surface area contributed by atoms with Gasteiger partial charge in [0.25, 0.3) is 0 Å². The number of benzene rings is 17. The van der Waals surface area contributed by atoms with E-state index in [0.29, 0.717) is 6.61 Å². The van der Waals surface area contributed by atoms with E-state index in [1.165, 1.54) is 32.9 Å². The number of hydrogen-bond donors (Lipinski definition) is 0. The Morgan fingerprint density at radius 1 is 0.183 bits per heavy atom. The summed E-state index contributed by atoms with van der Waals surface area (Å²) in [6, 6.07) is 154. The molecule has 0 aliphatic carbocycles. The maximum atomic E-state index is 5.53. The first kappa shape index (κ1) is 78.4. The number of fused-ring (bicyclic) bond motifs is 2. The molecule has 10 heteroatoms. The molecule has 0 N–H and O–H groups in total. The normalized spacial score (nSPS) is 10.4. The van der Waals surface area contributed by atoms with E-state index in [1.54, 1.807) is 21.3 Å². The van der Waals surface area contributed by atoms with Crippen molar-refractivity contribution in [3.05, 3.63) is 449 Å². The Hall–Kier alpha value is -14.7. The van der Waals surface area contributed by atoms with Crippen molar-refractivity contribution >= 4 is 113 Å². The number of hydrogen-bond acceptors (Lipinski definition) is 10. The lowest BCUT2D eigenvalue weighted by Crippen LogP contribution is -2.11. The van der Waals surface area contributed by atoms with Gasteiger partial charge in [-0.2, -0.15) is 0 Å². The van der Waals surface area contributed by atoms with Crippen molar-refractivity contribution < 1.29 is 18.9 Å². The maximum Gasteiger partial charge on any atom is 0.119 e. The van der Waals surface area contributed by atoms with Crippen LogP contribution >= 0.6 is 0 Å². The average Bonchev–Trinajstić information content (AvgIpc) is 0.787. The summed E-state index contributed by atoms with van der Waals surface area (Å²) in [4.78, 5) is 13.4. The third kappa shape index (κ3) is 20.5. The van der Waals surface area contributed by atoms with Crippen LogP contribution in [-0.4, -0.2) is 42.0 Å². The highest BCUT2D eigenvalue weighted by Gasteiger charge is 2.19. The second-order valence-corrected chi connectivity index (χ2v) is 26.8. The van der Waals surface area contributed by atoms with E-state index in [1.807, 2.05) is 104 Å². The molecule has 0 aromatic heterocycles. The molecule has 115 heavy (non-hydrogen) atoms. The lowest BCUT2D eigenvalue weighted by atomic mass is 10.1. The lowest BCUT2D eigenvalue weighted by molar-refractivity contribution is 0.340. The number of ether oxygens (including phenoxy) is 4. The number of para-hydroxylation sites is 8. The Bertz CT molecular complexity index is 5510. The molecule has 0 atom stereocenters. The van der Waals surface area contributed by atoms with E-state index in [4.69, 9.17) is 18.9 Å². The van der Waals surface area contributed by atoms with Gasteiger partial charge in [0.1, 0.15) is 23.0 Å². The minimum Gasteiger partial charge on any atom is -0.497 e. The molecule has 0 aliphatic heterocycles. The molecule has 0 unspecified atom stereocenters. The smallest absolute Gasteiger partial charge is 0.119 e. The van der Waals surface area contributed by atoms with Crippen molar-refractivity contribution in [2.45, 2.75) is 6.92 Å². The molecule has 17 aromatic rings. The van der Waals surface area contributed by atoms with Crippen molar-refractivity contribution in [2.75, 3.05) is 71.4 Å². The highest BCUT2D eigenvalue weighted by atomic mass is 16.5. The van der Waals surface area contributed by atoms with Crippen LogP contribution < -0.4 is 48.3 Å². The predicted octanol–water partition coefficient (Wildman–Crippen LogP) is 28.6. The summed E-state index contributed by atoms with van der Waals surface area (Å²) in [6.07, 6.45) is 0. The molecular formula is C105H94N6O4. The first-order chi connectivity index (χ1) is 56.7. The van der Waals surface area contributed by atoms with E-state index in [9.17, 15) is 0 Å². The van der Waals surface area contributed by atoms with Gasteiger partial charge in [-0.05, 0) is 248 Å². The molecule has 17 rings (SSSR count). The Kier molecular flexibility index (Phi) is 27.5. The first-order valence-electron chi connectivity index (χ1n) is 38.5. The lowest BCUT2D eigenvalue weighted by Gasteiger charge is -2.27. The summed E-state index contributed by atoms with van der Waals surface area (Å²) >= 11 is 0. The molecule has 0 aliphatic rings. The number of anilines is 16. The van der Waals surface area contributed by atoms with Crippen LogP contribution in [0.15, 0.2) is 449 Å². The van der Waals surface area contributed by atoms with Crippen LogP contribution in [0.4, 0.5) is 91.0 Å². The van der Waals surface area contributed by atoms with Crippen molar-refractivity contribution in [1.82, 2.24) is 0 Å². The second kappa shape index (κ2) is 40.3. The number of rotatable bonds is 21. The van der Waals surface area contributed by atoms with Gasteiger partial charge in [-0.1, -0.05) is 218 Å². The molecule has 0 amide bonds. The number of nitrogens with zero attached hydrogens (tertiary/aromatic N) is 6. The molecule has 568 valence electrons.